The Balaban J connectivity index is 1.97. The van der Waals surface area contributed by atoms with Crippen molar-refractivity contribution in [1.82, 2.24) is 0 Å². The second-order valence-corrected chi connectivity index (χ2v) is 9.68. The number of nitro groups is 1. The highest BCUT2D eigenvalue weighted by molar-refractivity contribution is 6.30. The maximum atomic E-state index is 12.4. The molecular weight excluding hydrogens is 462 g/mol. The van der Waals surface area contributed by atoms with Crippen molar-refractivity contribution >= 4 is 23.3 Å². The SMILES string of the molecule is COC(OC)[C@]1(OCc2ccc(C(=O)OC(C)(C)C)cc2[N+](=O)[O-])CCCc2cc(Cl)ccc21. The average molecular weight is 492 g/mol. The number of ether oxygens (including phenoxy) is 4. The summed E-state index contributed by atoms with van der Waals surface area (Å²) in [6, 6.07) is 9.81. The van der Waals surface area contributed by atoms with Crippen LogP contribution in [0.5, 0.6) is 0 Å². The van der Waals surface area contributed by atoms with Gasteiger partial charge in [0.1, 0.15) is 11.2 Å². The molecule has 0 fully saturated rings. The maximum Gasteiger partial charge on any atom is 0.338 e. The van der Waals surface area contributed by atoms with Gasteiger partial charge >= 0.3 is 5.97 Å². The first-order valence-electron chi connectivity index (χ1n) is 11.0. The van der Waals surface area contributed by atoms with Gasteiger partial charge in [-0.1, -0.05) is 17.7 Å². The minimum absolute atomic E-state index is 0.0871. The lowest BCUT2D eigenvalue weighted by molar-refractivity contribution is -0.386. The van der Waals surface area contributed by atoms with Crippen LogP contribution in [0.4, 0.5) is 5.69 Å². The van der Waals surface area contributed by atoms with Crippen molar-refractivity contribution in [3.8, 4) is 0 Å². The van der Waals surface area contributed by atoms with Crippen LogP contribution in [0.15, 0.2) is 36.4 Å². The van der Waals surface area contributed by atoms with E-state index in [0.717, 1.165) is 24.0 Å². The molecular formula is C25H30ClNO7. The fraction of sp³-hybridized carbons (Fsp3) is 0.480. The molecule has 0 amide bonds. The van der Waals surface area contributed by atoms with E-state index in [1.165, 1.54) is 32.4 Å². The van der Waals surface area contributed by atoms with Gasteiger partial charge in [-0.3, -0.25) is 10.1 Å². The van der Waals surface area contributed by atoms with Crippen molar-refractivity contribution in [2.24, 2.45) is 0 Å². The van der Waals surface area contributed by atoms with Crippen LogP contribution in [0.3, 0.4) is 0 Å². The largest absolute Gasteiger partial charge is 0.456 e. The van der Waals surface area contributed by atoms with Crippen molar-refractivity contribution < 1.29 is 28.7 Å². The maximum absolute atomic E-state index is 12.4. The minimum atomic E-state index is -0.987. The lowest BCUT2D eigenvalue weighted by Crippen LogP contribution is -2.46. The molecule has 1 aliphatic carbocycles. The molecule has 2 aromatic carbocycles. The van der Waals surface area contributed by atoms with Crippen LogP contribution in [-0.4, -0.2) is 37.0 Å². The topological polar surface area (TPSA) is 97.1 Å². The number of carbonyl (C=O) groups excluding carboxylic acids is 1. The minimum Gasteiger partial charge on any atom is -0.456 e. The van der Waals surface area contributed by atoms with Gasteiger partial charge in [-0.15, -0.1) is 0 Å². The molecule has 0 saturated heterocycles. The zero-order valence-corrected chi connectivity index (χ0v) is 20.8. The smallest absolute Gasteiger partial charge is 0.338 e. The van der Waals surface area contributed by atoms with Gasteiger partial charge in [0, 0.05) is 25.3 Å². The first-order chi connectivity index (χ1) is 16.0. The Hall–Kier alpha value is -2.52. The number of rotatable bonds is 8. The van der Waals surface area contributed by atoms with Crippen LogP contribution in [0.25, 0.3) is 0 Å². The number of hydrogen-bond donors (Lipinski definition) is 0. The van der Waals surface area contributed by atoms with Crippen molar-refractivity contribution in [3.63, 3.8) is 0 Å². The molecule has 0 bridgehead atoms. The summed E-state index contributed by atoms with van der Waals surface area (Å²) in [5, 5.41) is 12.4. The lowest BCUT2D eigenvalue weighted by Gasteiger charge is -2.43. The number of esters is 1. The van der Waals surface area contributed by atoms with Crippen LogP contribution in [0.2, 0.25) is 5.02 Å². The molecule has 0 aromatic heterocycles. The van der Waals surface area contributed by atoms with E-state index >= 15 is 0 Å². The summed E-state index contributed by atoms with van der Waals surface area (Å²) in [4.78, 5) is 23.7. The van der Waals surface area contributed by atoms with Gasteiger partial charge in [0.2, 0.25) is 0 Å². The summed E-state index contributed by atoms with van der Waals surface area (Å²) in [5.74, 6) is -0.628. The number of nitro benzene ring substituents is 1. The Morgan fingerprint density at radius 1 is 1.18 bits per heavy atom. The summed E-state index contributed by atoms with van der Waals surface area (Å²) in [7, 11) is 3.06. The molecule has 0 spiro atoms. The van der Waals surface area contributed by atoms with E-state index in [9.17, 15) is 14.9 Å². The molecule has 0 unspecified atom stereocenters. The van der Waals surface area contributed by atoms with Crippen molar-refractivity contribution in [3.05, 3.63) is 73.8 Å². The number of methoxy groups -OCH3 is 2. The average Bonchev–Trinajstić information content (AvgIpc) is 2.77. The Morgan fingerprint density at radius 3 is 2.50 bits per heavy atom. The number of fused-ring (bicyclic) bond motifs is 1. The van der Waals surface area contributed by atoms with Crippen LogP contribution in [0.1, 0.15) is 60.7 Å². The molecule has 0 N–H and O–H groups in total. The number of halogens is 1. The van der Waals surface area contributed by atoms with Gasteiger partial charge in [0.05, 0.1) is 22.7 Å². The number of nitrogens with zero attached hydrogens (tertiary/aromatic N) is 1. The van der Waals surface area contributed by atoms with E-state index in [0.29, 0.717) is 17.0 Å². The third kappa shape index (κ3) is 5.58. The Morgan fingerprint density at radius 2 is 1.88 bits per heavy atom. The van der Waals surface area contributed by atoms with Crippen molar-refractivity contribution in [1.29, 1.82) is 0 Å². The lowest BCUT2D eigenvalue weighted by atomic mass is 9.78. The molecule has 8 nitrogen and oxygen atoms in total. The van der Waals surface area contributed by atoms with Gasteiger partial charge in [0.15, 0.2) is 6.29 Å². The molecule has 1 atom stereocenters. The monoisotopic (exact) mass is 491 g/mol. The highest BCUT2D eigenvalue weighted by Crippen LogP contribution is 2.44. The fourth-order valence-electron chi connectivity index (χ4n) is 4.32. The van der Waals surface area contributed by atoms with Crippen molar-refractivity contribution in [2.75, 3.05) is 14.2 Å². The predicted molar refractivity (Wildman–Crippen MR) is 127 cm³/mol. The third-order valence-electron chi connectivity index (χ3n) is 5.73. The normalized spacial score (nSPS) is 18.0. The van der Waals surface area contributed by atoms with Crippen LogP contribution >= 0.6 is 11.6 Å². The Bertz CT molecular complexity index is 1060. The van der Waals surface area contributed by atoms with Gasteiger partial charge < -0.3 is 18.9 Å². The molecule has 0 saturated carbocycles. The quantitative estimate of drug-likeness (QED) is 0.206. The summed E-state index contributed by atoms with van der Waals surface area (Å²) in [6.45, 7) is 5.12. The summed E-state index contributed by atoms with van der Waals surface area (Å²) in [6.07, 6.45) is 1.48. The number of carbonyl (C=O) groups is 1. The van der Waals surface area contributed by atoms with Gasteiger partial charge in [-0.25, -0.2) is 4.79 Å². The number of benzene rings is 2. The van der Waals surface area contributed by atoms with E-state index in [4.69, 9.17) is 30.5 Å². The number of hydrogen-bond acceptors (Lipinski definition) is 7. The fourth-order valence-corrected chi connectivity index (χ4v) is 4.52. The molecule has 0 radical (unpaired) electrons. The molecule has 9 heteroatoms. The summed E-state index contributed by atoms with van der Waals surface area (Å²) in [5.41, 5.74) is 0.397. The molecule has 3 rings (SSSR count). The highest BCUT2D eigenvalue weighted by Gasteiger charge is 2.46. The molecule has 34 heavy (non-hydrogen) atoms. The molecule has 2 aromatic rings. The standard InChI is InChI=1S/C25H30ClNO7/c1-24(2,3)34-22(28)17-8-9-18(21(14-17)27(29)30)15-33-25(23(31-4)32-5)12-6-7-16-13-19(26)10-11-20(16)25/h8-11,13-14,23H,6-7,12,15H2,1-5H3/t25-/m0/s1. The summed E-state index contributed by atoms with van der Waals surface area (Å²) < 4.78 is 23.0. The van der Waals surface area contributed by atoms with E-state index in [1.807, 2.05) is 12.1 Å². The van der Waals surface area contributed by atoms with E-state index in [2.05, 4.69) is 0 Å². The van der Waals surface area contributed by atoms with Crippen LogP contribution in [-0.2, 0) is 37.6 Å². The second kappa shape index (κ2) is 10.4. The van der Waals surface area contributed by atoms with Crippen molar-refractivity contribution in [2.45, 2.75) is 64.1 Å². The van der Waals surface area contributed by atoms with E-state index < -0.39 is 28.4 Å². The molecule has 0 heterocycles. The zero-order chi connectivity index (χ0) is 25.1. The van der Waals surface area contributed by atoms with Gasteiger partial charge in [-0.2, -0.15) is 0 Å². The summed E-state index contributed by atoms with van der Waals surface area (Å²) >= 11 is 6.21. The predicted octanol–water partition coefficient (Wildman–Crippen LogP) is 5.57. The highest BCUT2D eigenvalue weighted by atomic mass is 35.5. The van der Waals surface area contributed by atoms with Crippen LogP contribution < -0.4 is 0 Å². The second-order valence-electron chi connectivity index (χ2n) is 9.24. The van der Waals surface area contributed by atoms with Gasteiger partial charge in [0.25, 0.3) is 5.69 Å². The third-order valence-corrected chi connectivity index (χ3v) is 5.96. The first kappa shape index (κ1) is 26.1. The Kier molecular flexibility index (Phi) is 7.98. The molecule has 0 aliphatic heterocycles. The molecule has 1 aliphatic rings. The van der Waals surface area contributed by atoms with Gasteiger partial charge in [-0.05, 0) is 75.4 Å². The zero-order valence-electron chi connectivity index (χ0n) is 20.1. The molecule has 184 valence electrons. The Labute approximate surface area is 204 Å². The first-order valence-corrected chi connectivity index (χ1v) is 11.4. The van der Waals surface area contributed by atoms with Crippen LogP contribution in [0, 0.1) is 10.1 Å². The van der Waals surface area contributed by atoms with E-state index in [1.54, 1.807) is 26.8 Å². The number of aryl methyl sites for hydroxylation is 1. The van der Waals surface area contributed by atoms with E-state index in [-0.39, 0.29) is 17.9 Å².